The minimum atomic E-state index is 0.0684. The molecule has 2 bridgehead atoms. The number of nitrogens with zero attached hydrogens (tertiary/aromatic N) is 1. The van der Waals surface area contributed by atoms with Crippen LogP contribution in [0.15, 0.2) is 217 Å². The van der Waals surface area contributed by atoms with E-state index in [-0.39, 0.29) is 5.41 Å². The minimum Gasteiger partial charge on any atom is -0.455 e. The lowest BCUT2D eigenvalue weighted by molar-refractivity contribution is 0.327. The maximum atomic E-state index is 6.53. The third kappa shape index (κ3) is 5.57. The zero-order valence-corrected chi connectivity index (χ0v) is 35.0. The van der Waals surface area contributed by atoms with E-state index >= 15 is 0 Å². The molecule has 13 rings (SSSR count). The van der Waals surface area contributed by atoms with Crippen molar-refractivity contribution >= 4 is 39.0 Å². The van der Waals surface area contributed by atoms with Crippen LogP contribution in [-0.2, 0) is 5.41 Å². The summed E-state index contributed by atoms with van der Waals surface area (Å²) in [7, 11) is 0. The van der Waals surface area contributed by atoms with E-state index in [1.165, 1.54) is 81.4 Å². The van der Waals surface area contributed by atoms with Gasteiger partial charge in [0.05, 0.1) is 5.69 Å². The third-order valence-corrected chi connectivity index (χ3v) is 14.8. The highest BCUT2D eigenvalue weighted by Crippen LogP contribution is 2.66. The highest BCUT2D eigenvalue weighted by atomic mass is 16.3. The first-order chi connectivity index (χ1) is 31.2. The van der Waals surface area contributed by atoms with E-state index in [1.807, 2.05) is 6.07 Å². The number of fused-ring (bicyclic) bond motifs is 11. The van der Waals surface area contributed by atoms with Crippen molar-refractivity contribution in [1.82, 2.24) is 0 Å². The van der Waals surface area contributed by atoms with Gasteiger partial charge >= 0.3 is 0 Å². The van der Waals surface area contributed by atoms with Crippen molar-refractivity contribution in [3.8, 4) is 55.6 Å². The lowest BCUT2D eigenvalue weighted by Gasteiger charge is -2.37. The molecule has 0 aliphatic heterocycles. The Labute approximate surface area is 368 Å². The van der Waals surface area contributed by atoms with Crippen LogP contribution in [0.3, 0.4) is 0 Å². The van der Waals surface area contributed by atoms with Crippen molar-refractivity contribution in [2.75, 3.05) is 4.90 Å². The highest BCUT2D eigenvalue weighted by Gasteiger charge is 2.56. The van der Waals surface area contributed by atoms with Gasteiger partial charge in [-0.15, -0.1) is 0 Å². The van der Waals surface area contributed by atoms with Gasteiger partial charge in [-0.2, -0.15) is 0 Å². The average Bonchev–Trinajstić information content (AvgIpc) is 4.14. The zero-order chi connectivity index (χ0) is 41.5. The Morgan fingerprint density at radius 1 is 0.413 bits per heavy atom. The van der Waals surface area contributed by atoms with E-state index in [9.17, 15) is 0 Å². The van der Waals surface area contributed by atoms with Gasteiger partial charge in [0, 0.05) is 38.7 Å². The van der Waals surface area contributed by atoms with E-state index in [0.29, 0.717) is 5.92 Å². The molecule has 63 heavy (non-hydrogen) atoms. The van der Waals surface area contributed by atoms with Crippen LogP contribution in [0.1, 0.15) is 36.8 Å². The van der Waals surface area contributed by atoms with Crippen LogP contribution in [0.5, 0.6) is 0 Å². The fraction of sp³-hybridized carbons (Fsp3) is 0.115. The van der Waals surface area contributed by atoms with Crippen LogP contribution >= 0.6 is 0 Å². The smallest absolute Gasteiger partial charge is 0.143 e. The molecule has 10 aromatic rings. The standard InChI is InChI=1S/C61H45NO/c1-2-15-41(16-3-1)46-17-4-5-18-48(46)49-19-6-7-20-50(49)53-22-9-12-27-58(53)62(44-33-30-42(31-34-44)47-24-14-25-55-54-23-10-13-28-59(54)63-60(47)55)45-35-36-52-51-21-8-11-26-56(51)61(57(52)38-45)39-40-29-32-43(61)37-40/h1-28,30-31,33-36,38,40,43H,29,32,37,39H2. The second-order valence-electron chi connectivity index (χ2n) is 18.0. The first-order valence-electron chi connectivity index (χ1n) is 22.6. The largest absolute Gasteiger partial charge is 0.455 e. The Hall–Kier alpha value is -7.42. The molecule has 0 saturated heterocycles. The molecule has 3 unspecified atom stereocenters. The number of rotatable bonds is 7. The number of hydrogen-bond acceptors (Lipinski definition) is 2. The van der Waals surface area contributed by atoms with Crippen LogP contribution in [0, 0.1) is 11.8 Å². The number of benzene rings is 9. The fourth-order valence-electron chi connectivity index (χ4n) is 12.1. The highest BCUT2D eigenvalue weighted by molar-refractivity contribution is 6.09. The SMILES string of the molecule is c1ccc(-c2ccccc2-c2ccccc2-c2ccccc2N(c2ccc(-c3cccc4c3oc3ccccc34)cc2)c2ccc3c(c2)C2(CC4CCC2C4)c2ccccc2-3)cc1. The molecular weight excluding hydrogens is 763 g/mol. The Morgan fingerprint density at radius 3 is 1.78 bits per heavy atom. The molecule has 2 fully saturated rings. The molecule has 1 spiro atoms. The zero-order valence-electron chi connectivity index (χ0n) is 35.0. The second-order valence-corrected chi connectivity index (χ2v) is 18.0. The van der Waals surface area contributed by atoms with E-state index in [2.05, 4.69) is 211 Å². The van der Waals surface area contributed by atoms with Gasteiger partial charge < -0.3 is 9.32 Å². The summed E-state index contributed by atoms with van der Waals surface area (Å²) in [6.45, 7) is 0. The van der Waals surface area contributed by atoms with E-state index in [0.717, 1.165) is 50.4 Å². The molecule has 3 atom stereocenters. The maximum absolute atomic E-state index is 6.53. The lowest BCUT2D eigenvalue weighted by Crippen LogP contribution is -2.32. The van der Waals surface area contributed by atoms with Crippen molar-refractivity contribution in [3.05, 3.63) is 223 Å². The molecular formula is C61H45NO. The summed E-state index contributed by atoms with van der Waals surface area (Å²) in [5, 5.41) is 2.29. The molecule has 300 valence electrons. The van der Waals surface area contributed by atoms with Gasteiger partial charge in [-0.3, -0.25) is 0 Å². The van der Waals surface area contributed by atoms with Gasteiger partial charge in [0.25, 0.3) is 0 Å². The quantitative estimate of drug-likeness (QED) is 0.159. The molecule has 1 heterocycles. The Morgan fingerprint density at radius 2 is 1.00 bits per heavy atom. The Balaban J connectivity index is 1.00. The minimum absolute atomic E-state index is 0.0684. The number of hydrogen-bond donors (Lipinski definition) is 0. The predicted molar refractivity (Wildman–Crippen MR) is 262 cm³/mol. The summed E-state index contributed by atoms with van der Waals surface area (Å²) < 4.78 is 6.53. The van der Waals surface area contributed by atoms with Gasteiger partial charge in [0.1, 0.15) is 11.2 Å². The van der Waals surface area contributed by atoms with Crippen LogP contribution in [0.2, 0.25) is 0 Å². The maximum Gasteiger partial charge on any atom is 0.143 e. The summed E-state index contributed by atoms with van der Waals surface area (Å²) in [5.41, 5.74) is 20.7. The van der Waals surface area contributed by atoms with Crippen molar-refractivity contribution < 1.29 is 4.42 Å². The normalized spacial score (nSPS) is 18.3. The van der Waals surface area contributed by atoms with E-state index in [1.54, 1.807) is 5.56 Å². The van der Waals surface area contributed by atoms with E-state index in [4.69, 9.17) is 4.42 Å². The number of para-hydroxylation sites is 3. The molecule has 0 N–H and O–H groups in total. The summed E-state index contributed by atoms with van der Waals surface area (Å²) in [6.07, 6.45) is 5.27. The molecule has 0 radical (unpaired) electrons. The molecule has 0 amide bonds. The first-order valence-corrected chi connectivity index (χ1v) is 22.6. The first kappa shape index (κ1) is 36.3. The monoisotopic (exact) mass is 807 g/mol. The van der Waals surface area contributed by atoms with Crippen molar-refractivity contribution in [3.63, 3.8) is 0 Å². The van der Waals surface area contributed by atoms with Crippen molar-refractivity contribution in [2.24, 2.45) is 11.8 Å². The number of anilines is 3. The number of furan rings is 1. The second kappa shape index (κ2) is 14.3. The lowest BCUT2D eigenvalue weighted by atomic mass is 9.67. The third-order valence-electron chi connectivity index (χ3n) is 14.8. The fourth-order valence-corrected chi connectivity index (χ4v) is 12.1. The van der Waals surface area contributed by atoms with Crippen LogP contribution in [0.4, 0.5) is 17.1 Å². The van der Waals surface area contributed by atoms with Gasteiger partial charge in [-0.1, -0.05) is 182 Å². The molecule has 2 saturated carbocycles. The average molecular weight is 808 g/mol. The topological polar surface area (TPSA) is 16.4 Å². The Kier molecular flexibility index (Phi) is 8.24. The Bertz CT molecular complexity index is 3380. The van der Waals surface area contributed by atoms with Crippen LogP contribution < -0.4 is 4.90 Å². The molecule has 1 aromatic heterocycles. The molecule has 3 aliphatic rings. The summed E-state index contributed by atoms with van der Waals surface area (Å²) in [6, 6.07) is 78.3. The van der Waals surface area contributed by atoms with Crippen molar-refractivity contribution in [2.45, 2.75) is 31.1 Å². The molecule has 2 nitrogen and oxygen atoms in total. The van der Waals surface area contributed by atoms with Gasteiger partial charge in [0.15, 0.2) is 0 Å². The van der Waals surface area contributed by atoms with Gasteiger partial charge in [-0.05, 0) is 123 Å². The van der Waals surface area contributed by atoms with Crippen LogP contribution in [-0.4, -0.2) is 0 Å². The van der Waals surface area contributed by atoms with E-state index < -0.39 is 0 Å². The van der Waals surface area contributed by atoms with Gasteiger partial charge in [-0.25, -0.2) is 0 Å². The van der Waals surface area contributed by atoms with Crippen LogP contribution in [0.25, 0.3) is 77.6 Å². The molecule has 9 aromatic carbocycles. The van der Waals surface area contributed by atoms with Crippen molar-refractivity contribution in [1.29, 1.82) is 0 Å². The summed E-state index contributed by atoms with van der Waals surface area (Å²) >= 11 is 0. The summed E-state index contributed by atoms with van der Waals surface area (Å²) in [5.74, 6) is 1.48. The molecule has 2 heteroatoms. The molecule has 3 aliphatic carbocycles. The van der Waals surface area contributed by atoms with Gasteiger partial charge in [0.2, 0.25) is 0 Å². The summed E-state index contributed by atoms with van der Waals surface area (Å²) in [4.78, 5) is 2.52. The predicted octanol–water partition coefficient (Wildman–Crippen LogP) is 16.8.